The van der Waals surface area contributed by atoms with E-state index in [0.29, 0.717) is 0 Å². The summed E-state index contributed by atoms with van der Waals surface area (Å²) in [5, 5.41) is 318. The van der Waals surface area contributed by atoms with Crippen LogP contribution in [-0.4, -0.2) is 571 Å². The van der Waals surface area contributed by atoms with E-state index >= 15 is 0 Å². The van der Waals surface area contributed by atoms with E-state index in [1.165, 1.54) is 0 Å². The van der Waals surface area contributed by atoms with Gasteiger partial charge in [-0.2, -0.15) is 8.42 Å². The lowest BCUT2D eigenvalue weighted by molar-refractivity contribution is -0.398. The second kappa shape index (κ2) is 49.7. The highest BCUT2D eigenvalue weighted by molar-refractivity contribution is 7.80. The summed E-state index contributed by atoms with van der Waals surface area (Å²) in [6, 6.07) is -11.7. The molecule has 0 bridgehead atoms. The van der Waals surface area contributed by atoms with Crippen molar-refractivity contribution < 1.29 is 279 Å². The van der Waals surface area contributed by atoms with Crippen molar-refractivity contribution >= 4 is 51.8 Å². The summed E-state index contributed by atoms with van der Waals surface area (Å²) in [5.74, 6) is -11.0. The Kier molecular flexibility index (Phi) is 41.2. The number of hydrogen-bond acceptors (Lipinski definition) is 55. The molecule has 51 atom stereocenters. The maximum atomic E-state index is 13.2. The number of carboxylic acid groups (broad SMARTS) is 1. The molecule has 10 aliphatic rings. The summed E-state index contributed by atoms with van der Waals surface area (Å²) >= 11 is 0. The molecule has 0 aromatic carbocycles. The van der Waals surface area contributed by atoms with E-state index in [2.05, 4.69) is 36.1 Å². The van der Waals surface area contributed by atoms with Gasteiger partial charge in [-0.05, 0) is 0 Å². The molecule has 10 aliphatic heterocycles. The van der Waals surface area contributed by atoms with Crippen LogP contribution in [0.15, 0.2) is 0 Å². The van der Waals surface area contributed by atoms with Crippen LogP contribution in [0.3, 0.4) is 0 Å². The number of carbonyl (C=O) groups is 7. The molecule has 0 aromatic rings. The summed E-state index contributed by atoms with van der Waals surface area (Å²) in [6.45, 7) is -6.88. The van der Waals surface area contributed by atoms with Gasteiger partial charge in [0.25, 0.3) is 5.79 Å². The first kappa shape index (κ1) is 115. The Labute approximate surface area is 786 Å². The molecule has 0 spiro atoms. The van der Waals surface area contributed by atoms with Crippen LogP contribution in [0.2, 0.25) is 0 Å². The largest absolute Gasteiger partial charge is 0.477 e. The van der Waals surface area contributed by atoms with E-state index < -0.39 is 437 Å². The van der Waals surface area contributed by atoms with Gasteiger partial charge in [0.15, 0.2) is 56.6 Å². The number of aliphatic carboxylic acids is 1. The first-order chi connectivity index (χ1) is 65.3. The minimum absolute atomic E-state index is 0.829. The zero-order chi connectivity index (χ0) is 103. The van der Waals surface area contributed by atoms with Crippen molar-refractivity contribution in [3.05, 3.63) is 0 Å². The lowest BCUT2D eigenvalue weighted by Gasteiger charge is -2.51. The van der Waals surface area contributed by atoms with Crippen molar-refractivity contribution in [2.24, 2.45) is 0 Å². The second-order valence-electron chi connectivity index (χ2n) is 34.4. The van der Waals surface area contributed by atoms with Crippen molar-refractivity contribution in [2.75, 3.05) is 66.1 Å². The molecule has 10 heterocycles. The number of rotatable bonds is 39. The topological polar surface area (TPSA) is 977 Å². The van der Waals surface area contributed by atoms with Crippen LogP contribution in [0.25, 0.3) is 0 Å². The quantitative estimate of drug-likeness (QED) is 0.0254. The summed E-state index contributed by atoms with van der Waals surface area (Å²) < 4.78 is 152. The molecule has 10 rings (SSSR count). The zero-order valence-electron chi connectivity index (χ0n) is 74.4. The number of amides is 6. The molecular weight excluding hydrogens is 1930 g/mol. The molecule has 0 saturated carbocycles. The lowest BCUT2D eigenvalue weighted by atomic mass is 9.88. The molecule has 0 unspecified atom stereocenters. The number of carbonyl (C=O) groups excluding carboxylic acids is 6. The normalized spacial score (nSPS) is 45.5. The Morgan fingerprint density at radius 2 is 0.647 bits per heavy atom. The highest BCUT2D eigenvalue weighted by Crippen LogP contribution is 2.42. The van der Waals surface area contributed by atoms with Crippen LogP contribution in [-0.2, 0) is 138 Å². The van der Waals surface area contributed by atoms with Crippen LogP contribution in [0, 0.1) is 0 Å². The third kappa shape index (κ3) is 26.7. The first-order valence-electron chi connectivity index (χ1n) is 43.4. The van der Waals surface area contributed by atoms with Crippen molar-refractivity contribution in [3.63, 3.8) is 0 Å². The summed E-state index contributed by atoms with van der Waals surface area (Å²) in [7, 11) is -5.56. The van der Waals surface area contributed by atoms with Crippen molar-refractivity contribution in [1.29, 1.82) is 0 Å². The van der Waals surface area contributed by atoms with Crippen LogP contribution < -0.4 is 31.9 Å². The van der Waals surface area contributed by atoms with Crippen molar-refractivity contribution in [3.8, 4) is 0 Å². The number of nitrogens with one attached hydrogen (secondary N) is 6. The fraction of sp³-hybridized carbons (Fsp3) is 0.907. The molecule has 0 radical (unpaired) electrons. The van der Waals surface area contributed by atoms with Gasteiger partial charge in [0, 0.05) is 48.0 Å². The average Bonchev–Trinajstić information content (AvgIpc) is 1.04. The summed E-state index contributed by atoms with van der Waals surface area (Å²) in [4.78, 5) is 89.6. The Bertz CT molecular complexity index is 4100. The van der Waals surface area contributed by atoms with E-state index in [1.54, 1.807) is 0 Å². The number of hydrogen-bond donors (Lipinski definition) is 34. The second-order valence-corrected chi connectivity index (χ2v) is 35.5. The van der Waals surface area contributed by atoms with Gasteiger partial charge < -0.3 is 260 Å². The Balaban J connectivity index is 0.966. The van der Waals surface area contributed by atoms with Gasteiger partial charge in [-0.15, -0.1) is 0 Å². The van der Waals surface area contributed by atoms with Crippen LogP contribution in [0.4, 0.5) is 0 Å². The number of aliphatic hydroxyl groups is 26. The standard InChI is InChI=1S/C75H124N6O57S/c1-18(90)76-35-24(96)7-75(74(114)115,137-60(35)41(98)25(97)8-82)120-17-34-44(101)51(108)54(111)70(129-34)132-58-31(14-88)127-67(39(50(58)107)80-22(5)94)135-63-52(109)42(99)26(9-83)123-72(63)119-16-33-46(103)62(55(112)71(128-33)133-59-32(15-89)125-66(37(49(59)106)78-20(3)92)130-56-29(12-86)121-65(113)36(47(56)104)77-19(2)91)134-73-64(53(110)43(100)27(10-84)124-73)136-68-38(79-21(4)93)48(105)57(30(13-87)126-68)131-69-40(81-23(6)95)61(138-139(116,117)118)45(102)28(11-85)122-69/h24-73,82-89,96-113H,7-17H2,1-6H3,(H,76,90)(H,77,91)(H,78,92)(H,79,93)(H,80,94)(H,81,95)(H,114,115)(H,116,117,118)/t24-,25+,26+,27+,28+,29+,30+,31+,32+,33+,34+,35+,36+,37+,38+,39+,40+,41+,42+,43+,44-,45-,46+,47+,48+,49+,50+,51-,52-,53-,54+,55-,56+,57+,58+,59+,60+,61+,62-,63-,64-,65+,66-,67-,68-,69-,70-,71-,72-,73+,75+/m0/s1. The monoisotopic (exact) mass is 2050 g/mol. The van der Waals surface area contributed by atoms with Crippen molar-refractivity contribution in [1.82, 2.24) is 31.9 Å². The molecule has 0 aliphatic carbocycles. The lowest BCUT2D eigenvalue weighted by Crippen LogP contribution is -2.71. The first-order valence-corrected chi connectivity index (χ1v) is 44.8. The third-order valence-corrected chi connectivity index (χ3v) is 24.9. The summed E-state index contributed by atoms with van der Waals surface area (Å²) in [5.41, 5.74) is 0. The minimum atomic E-state index is -5.56. The Hall–Kier alpha value is -5.64. The van der Waals surface area contributed by atoms with Gasteiger partial charge in [0.2, 0.25) is 35.4 Å². The maximum absolute atomic E-state index is 13.2. The fourth-order valence-electron chi connectivity index (χ4n) is 17.6. The van der Waals surface area contributed by atoms with Crippen molar-refractivity contribution in [2.45, 2.75) is 360 Å². The molecule has 10 saturated heterocycles. The SMILES string of the molecule is CC(=O)N[C@@H]1[C@@H](O)[C@H](O[C@@H]2O[C@H](CO)[C@@H](O[C@@H]3O[C@H](CO[C@H]4O[C@H](CO)[C@@H](O)[C@H](O)[C@@H]4O[C@@H]4O[C@H](CO)[C@@H](O[C@@H]5O[C@H](CO[C@]6(C(=O)O)C[C@H](O)[C@@H](NC(C)=O)[C@H]([C@H](O)[C@H](O)CO)O6)[C@H](O)[C@H](O)[C@H]5O)[C@H](O)[C@H]4NC(C)=O)[C@@H](O)[C@H](O[C@H]4O[C@H](CO)[C@@H](O)[C@H](O)[C@@H]4O[C@@H]4O[C@H](CO)[C@@H](O[C@@H]5O[C@H](CO)[C@H](O)[C@H](OS(=O)(=O)O)[C@H]5NC(C)=O)[C@H](O)[C@H]4NC(C)=O)[C@@H]3O)[C@H](O)[C@H]2NC(C)=O)[C@@H](CO)O[C@H]1O. The maximum Gasteiger partial charge on any atom is 0.397 e. The van der Waals surface area contributed by atoms with Gasteiger partial charge >= 0.3 is 16.4 Å². The number of aliphatic hydroxyl groups excluding tert-OH is 26. The Morgan fingerprint density at radius 3 is 1.06 bits per heavy atom. The molecule has 63 nitrogen and oxygen atoms in total. The molecule has 34 N–H and O–H groups in total. The molecule has 10 fully saturated rings. The molecule has 139 heavy (non-hydrogen) atoms. The van der Waals surface area contributed by atoms with Gasteiger partial charge in [-0.1, -0.05) is 0 Å². The molecule has 0 aromatic heterocycles. The predicted molar refractivity (Wildman–Crippen MR) is 427 cm³/mol. The van der Waals surface area contributed by atoms with E-state index in [4.69, 9.17) is 90.0 Å². The minimum Gasteiger partial charge on any atom is -0.477 e. The van der Waals surface area contributed by atoms with Gasteiger partial charge in [0.05, 0.1) is 78.2 Å². The number of carboxylic acids is 1. The van der Waals surface area contributed by atoms with Crippen LogP contribution in [0.1, 0.15) is 48.0 Å². The van der Waals surface area contributed by atoms with Crippen LogP contribution >= 0.6 is 0 Å². The number of ether oxygens (including phenoxy) is 19. The van der Waals surface area contributed by atoms with Gasteiger partial charge in [0.1, 0.15) is 238 Å². The van der Waals surface area contributed by atoms with Gasteiger partial charge in [-0.3, -0.25) is 33.3 Å². The predicted octanol–water partition coefficient (Wildman–Crippen LogP) is -22.9. The molecule has 6 amide bonds. The molecule has 802 valence electrons. The highest BCUT2D eigenvalue weighted by atomic mass is 32.3. The smallest absolute Gasteiger partial charge is 0.397 e. The molecular formula is C75H124N6O57S. The van der Waals surface area contributed by atoms with E-state index in [9.17, 15) is 184 Å². The molecule has 64 heteroatoms. The average molecular weight is 2050 g/mol. The van der Waals surface area contributed by atoms with E-state index in [-0.39, 0.29) is 0 Å². The van der Waals surface area contributed by atoms with Gasteiger partial charge in [-0.25, -0.2) is 8.98 Å². The zero-order valence-corrected chi connectivity index (χ0v) is 75.2. The van der Waals surface area contributed by atoms with Crippen LogP contribution in [0.5, 0.6) is 0 Å². The fourth-order valence-corrected chi connectivity index (χ4v) is 18.1. The summed E-state index contributed by atoms with van der Waals surface area (Å²) in [6.07, 6.45) is -99.8. The van der Waals surface area contributed by atoms with E-state index in [0.717, 1.165) is 41.5 Å². The highest BCUT2D eigenvalue weighted by Gasteiger charge is 2.64. The van der Waals surface area contributed by atoms with E-state index in [1.807, 2.05) is 0 Å². The third-order valence-electron chi connectivity index (χ3n) is 24.5. The Morgan fingerprint density at radius 1 is 0.331 bits per heavy atom.